The number of ether oxygens (including phenoxy) is 1. The molecule has 0 saturated carbocycles. The monoisotopic (exact) mass is 347 g/mol. The van der Waals surface area contributed by atoms with E-state index in [2.05, 4.69) is 30.0 Å². The highest BCUT2D eigenvalue weighted by Gasteiger charge is 2.07. The topological polar surface area (TPSA) is 62.4 Å². The Morgan fingerprint density at radius 2 is 2.14 bits per heavy atom. The highest BCUT2D eigenvalue weighted by atomic mass is 35.5. The molecule has 0 aliphatic rings. The second kappa shape index (κ2) is 9.42. The summed E-state index contributed by atoms with van der Waals surface area (Å²) in [6.45, 7) is 4.67. The van der Waals surface area contributed by atoms with Gasteiger partial charge in [0.25, 0.3) is 5.91 Å². The minimum Gasteiger partial charge on any atom is -0.482 e. The Bertz CT molecular complexity index is 529. The first-order chi connectivity index (χ1) is 10.4. The molecule has 22 heavy (non-hydrogen) atoms. The van der Waals surface area contributed by atoms with E-state index in [1.165, 1.54) is 12.1 Å². The minimum absolute atomic E-state index is 0.103. The van der Waals surface area contributed by atoms with Gasteiger partial charge >= 0.3 is 0 Å². The van der Waals surface area contributed by atoms with Crippen molar-refractivity contribution in [3.63, 3.8) is 0 Å². The molecule has 1 aromatic rings. The molecule has 0 radical (unpaired) electrons. The third-order valence-corrected chi connectivity index (χ3v) is 3.12. The third-order valence-electron chi connectivity index (χ3n) is 2.58. The van der Waals surface area contributed by atoms with Crippen molar-refractivity contribution in [1.82, 2.24) is 16.2 Å². The van der Waals surface area contributed by atoms with Crippen LogP contribution in [0.2, 0.25) is 5.02 Å². The van der Waals surface area contributed by atoms with Crippen LogP contribution in [0, 0.1) is 11.7 Å². The summed E-state index contributed by atoms with van der Waals surface area (Å²) in [7, 11) is 0. The molecular formula is C14H19ClFN3O2S. The van der Waals surface area contributed by atoms with Gasteiger partial charge in [0.15, 0.2) is 11.7 Å². The molecule has 1 amide bonds. The second-order valence-electron chi connectivity index (χ2n) is 4.98. The van der Waals surface area contributed by atoms with Gasteiger partial charge in [0.05, 0.1) is 5.02 Å². The average molecular weight is 348 g/mol. The Hall–Kier alpha value is -1.60. The summed E-state index contributed by atoms with van der Waals surface area (Å²) in [5, 5.41) is 3.39. The number of thiocarbonyl (C=S) groups is 1. The average Bonchev–Trinajstić information content (AvgIpc) is 2.43. The molecule has 0 bridgehead atoms. The van der Waals surface area contributed by atoms with Gasteiger partial charge in [0.2, 0.25) is 0 Å². The quantitative estimate of drug-likeness (QED) is 0.545. The zero-order valence-corrected chi connectivity index (χ0v) is 14.0. The first kappa shape index (κ1) is 18.4. The molecule has 0 spiro atoms. The van der Waals surface area contributed by atoms with Gasteiger partial charge in [0, 0.05) is 6.54 Å². The number of benzene rings is 1. The van der Waals surface area contributed by atoms with Crippen molar-refractivity contribution < 1.29 is 13.9 Å². The standard InChI is InChI=1S/C14H19ClFN3O2S/c1-9(2)5-6-17-14(22)19-18-13(20)8-21-12-4-3-10(16)7-11(12)15/h3-4,7,9H,5-6,8H2,1-2H3,(H,18,20)(H2,17,19,22). The highest BCUT2D eigenvalue weighted by molar-refractivity contribution is 7.80. The number of carbonyl (C=O) groups is 1. The molecule has 0 aliphatic heterocycles. The van der Waals surface area contributed by atoms with Crippen molar-refractivity contribution >= 4 is 34.8 Å². The van der Waals surface area contributed by atoms with Gasteiger partial charge in [-0.25, -0.2) is 4.39 Å². The molecule has 0 unspecified atom stereocenters. The summed E-state index contributed by atoms with van der Waals surface area (Å²) in [6.07, 6.45) is 0.974. The molecule has 0 atom stereocenters. The van der Waals surface area contributed by atoms with Crippen molar-refractivity contribution in [2.24, 2.45) is 5.92 Å². The van der Waals surface area contributed by atoms with Gasteiger partial charge in [-0.1, -0.05) is 25.4 Å². The van der Waals surface area contributed by atoms with E-state index in [4.69, 9.17) is 28.6 Å². The van der Waals surface area contributed by atoms with Gasteiger partial charge < -0.3 is 10.1 Å². The zero-order chi connectivity index (χ0) is 16.5. The lowest BCUT2D eigenvalue weighted by Gasteiger charge is -2.13. The van der Waals surface area contributed by atoms with Crippen LogP contribution in [-0.2, 0) is 4.79 Å². The number of nitrogens with one attached hydrogen (secondary N) is 3. The van der Waals surface area contributed by atoms with Crippen LogP contribution in [0.3, 0.4) is 0 Å². The SMILES string of the molecule is CC(C)CCNC(=S)NNC(=O)COc1ccc(F)cc1Cl. The third kappa shape index (κ3) is 7.42. The highest BCUT2D eigenvalue weighted by Crippen LogP contribution is 2.24. The maximum absolute atomic E-state index is 12.9. The molecule has 0 heterocycles. The van der Waals surface area contributed by atoms with Crippen LogP contribution < -0.4 is 20.9 Å². The van der Waals surface area contributed by atoms with E-state index < -0.39 is 11.7 Å². The summed E-state index contributed by atoms with van der Waals surface area (Å²) >= 11 is 10.8. The smallest absolute Gasteiger partial charge is 0.276 e. The summed E-state index contributed by atoms with van der Waals surface area (Å²) < 4.78 is 18.0. The first-order valence-corrected chi connectivity index (χ1v) is 7.57. The van der Waals surface area contributed by atoms with E-state index >= 15 is 0 Å². The number of hydrogen-bond acceptors (Lipinski definition) is 3. The van der Waals surface area contributed by atoms with Gasteiger partial charge in [0.1, 0.15) is 11.6 Å². The van der Waals surface area contributed by atoms with Crippen LogP contribution in [0.4, 0.5) is 4.39 Å². The molecule has 3 N–H and O–H groups in total. The summed E-state index contributed by atoms with van der Waals surface area (Å²) in [5.41, 5.74) is 4.95. The second-order valence-corrected chi connectivity index (χ2v) is 5.79. The molecule has 0 aromatic heterocycles. The maximum atomic E-state index is 12.9. The van der Waals surface area contributed by atoms with Crippen LogP contribution in [0.25, 0.3) is 0 Å². The van der Waals surface area contributed by atoms with Gasteiger partial charge in [-0.2, -0.15) is 0 Å². The molecule has 0 aliphatic carbocycles. The fourth-order valence-corrected chi connectivity index (χ4v) is 1.79. The Morgan fingerprint density at radius 1 is 1.41 bits per heavy atom. The predicted octanol–water partition coefficient (Wildman–Crippen LogP) is 2.40. The summed E-state index contributed by atoms with van der Waals surface area (Å²) in [6, 6.07) is 3.67. The van der Waals surface area contributed by atoms with Crippen LogP contribution in [0.15, 0.2) is 18.2 Å². The number of carbonyl (C=O) groups excluding carboxylic acids is 1. The number of rotatable bonds is 6. The van der Waals surface area contributed by atoms with E-state index in [-0.39, 0.29) is 17.4 Å². The minimum atomic E-state index is -0.471. The predicted molar refractivity (Wildman–Crippen MR) is 88.2 cm³/mol. The first-order valence-electron chi connectivity index (χ1n) is 6.79. The Kier molecular flexibility index (Phi) is 7.90. The van der Waals surface area contributed by atoms with Crippen LogP contribution in [0.1, 0.15) is 20.3 Å². The number of hydrogen-bond donors (Lipinski definition) is 3. The largest absolute Gasteiger partial charge is 0.482 e. The number of amides is 1. The van der Waals surface area contributed by atoms with Crippen molar-refractivity contribution in [2.45, 2.75) is 20.3 Å². The lowest BCUT2D eigenvalue weighted by Crippen LogP contribution is -2.48. The summed E-state index contributed by atoms with van der Waals surface area (Å²) in [5.74, 6) is -0.107. The Morgan fingerprint density at radius 3 is 2.77 bits per heavy atom. The number of hydrazine groups is 1. The van der Waals surface area contributed by atoms with Gasteiger partial charge in [-0.15, -0.1) is 0 Å². The molecular weight excluding hydrogens is 329 g/mol. The fourth-order valence-electron chi connectivity index (χ4n) is 1.42. The number of halogens is 2. The van der Waals surface area contributed by atoms with Crippen molar-refractivity contribution in [1.29, 1.82) is 0 Å². The molecule has 8 heteroatoms. The maximum Gasteiger partial charge on any atom is 0.276 e. The van der Waals surface area contributed by atoms with Crippen LogP contribution >= 0.6 is 23.8 Å². The normalized spacial score (nSPS) is 10.2. The van der Waals surface area contributed by atoms with E-state index in [0.29, 0.717) is 11.0 Å². The van der Waals surface area contributed by atoms with Gasteiger partial charge in [-0.05, 0) is 42.8 Å². The van der Waals surface area contributed by atoms with Gasteiger partial charge in [-0.3, -0.25) is 15.6 Å². The van der Waals surface area contributed by atoms with Crippen molar-refractivity contribution in [3.8, 4) is 5.75 Å². The summed E-state index contributed by atoms with van der Waals surface area (Å²) in [4.78, 5) is 11.6. The van der Waals surface area contributed by atoms with E-state index in [1.54, 1.807) is 0 Å². The fraction of sp³-hybridized carbons (Fsp3) is 0.429. The van der Waals surface area contributed by atoms with Crippen LogP contribution in [-0.4, -0.2) is 24.2 Å². The van der Waals surface area contributed by atoms with E-state index in [0.717, 1.165) is 19.0 Å². The lowest BCUT2D eigenvalue weighted by molar-refractivity contribution is -0.123. The Labute approximate surface area is 139 Å². The molecule has 5 nitrogen and oxygen atoms in total. The molecule has 0 saturated heterocycles. The lowest BCUT2D eigenvalue weighted by atomic mass is 10.1. The van der Waals surface area contributed by atoms with Crippen molar-refractivity contribution in [2.75, 3.05) is 13.2 Å². The molecule has 1 aromatic carbocycles. The zero-order valence-electron chi connectivity index (χ0n) is 12.4. The van der Waals surface area contributed by atoms with Crippen LogP contribution in [0.5, 0.6) is 5.75 Å². The van der Waals surface area contributed by atoms with Crippen molar-refractivity contribution in [3.05, 3.63) is 29.0 Å². The van der Waals surface area contributed by atoms with E-state index in [9.17, 15) is 9.18 Å². The van der Waals surface area contributed by atoms with E-state index in [1.807, 2.05) is 0 Å². The molecule has 0 fully saturated rings. The molecule has 122 valence electrons. The molecule has 1 rings (SSSR count). The Balaban J connectivity index is 2.24.